The van der Waals surface area contributed by atoms with Crippen LogP contribution in [0.15, 0.2) is 12.1 Å². The Morgan fingerprint density at radius 3 is 1.94 bits per heavy atom. The number of alkyl halides is 3. The number of esters is 1. The Morgan fingerprint density at radius 1 is 0.935 bits per heavy atom. The van der Waals surface area contributed by atoms with Crippen molar-refractivity contribution in [3.63, 3.8) is 0 Å². The van der Waals surface area contributed by atoms with E-state index in [2.05, 4.69) is 11.7 Å². The SMILES string of the molecule is CCCC1CCC(C2CCC(C(=O)Oc3cc(F)c(OC(F)(F)F)c(F)c3)CC2)CC1. The molecule has 0 heterocycles. The molecule has 0 amide bonds. The van der Waals surface area contributed by atoms with E-state index < -0.39 is 35.5 Å². The van der Waals surface area contributed by atoms with Crippen LogP contribution in [0.2, 0.25) is 0 Å². The maximum atomic E-state index is 13.8. The standard InChI is InChI=1S/C23H29F5O3/c1-2-3-14-4-6-15(7-5-14)16-8-10-17(11-9-16)22(29)30-18-12-19(24)21(20(25)13-18)31-23(26,27)28/h12-17H,2-11H2,1H3. The minimum Gasteiger partial charge on any atom is -0.426 e. The van der Waals surface area contributed by atoms with Gasteiger partial charge in [0.05, 0.1) is 5.92 Å². The van der Waals surface area contributed by atoms with E-state index in [1.165, 1.54) is 38.5 Å². The van der Waals surface area contributed by atoms with E-state index in [1.54, 1.807) is 0 Å². The van der Waals surface area contributed by atoms with E-state index in [9.17, 15) is 26.7 Å². The Labute approximate surface area is 179 Å². The third kappa shape index (κ3) is 6.56. The molecule has 1 aromatic rings. The minimum atomic E-state index is -5.23. The van der Waals surface area contributed by atoms with Crippen molar-refractivity contribution in [2.24, 2.45) is 23.7 Å². The van der Waals surface area contributed by atoms with Crippen LogP contribution in [0.4, 0.5) is 22.0 Å². The molecule has 0 bridgehead atoms. The number of carbonyl (C=O) groups excluding carboxylic acids is 1. The molecule has 1 aromatic carbocycles. The van der Waals surface area contributed by atoms with Crippen molar-refractivity contribution in [3.8, 4) is 11.5 Å². The topological polar surface area (TPSA) is 35.5 Å². The lowest BCUT2D eigenvalue weighted by Crippen LogP contribution is -2.30. The number of halogens is 5. The highest BCUT2D eigenvalue weighted by molar-refractivity contribution is 5.75. The fraction of sp³-hybridized carbons (Fsp3) is 0.696. The zero-order valence-corrected chi connectivity index (χ0v) is 17.6. The summed E-state index contributed by atoms with van der Waals surface area (Å²) < 4.78 is 72.7. The summed E-state index contributed by atoms with van der Waals surface area (Å²) in [6.45, 7) is 2.22. The van der Waals surface area contributed by atoms with Gasteiger partial charge in [-0.3, -0.25) is 4.79 Å². The van der Waals surface area contributed by atoms with E-state index in [4.69, 9.17) is 4.74 Å². The molecule has 0 atom stereocenters. The molecule has 2 saturated carbocycles. The monoisotopic (exact) mass is 448 g/mol. The average molecular weight is 448 g/mol. The van der Waals surface area contributed by atoms with Crippen LogP contribution in [0.3, 0.4) is 0 Å². The Hall–Kier alpha value is -1.86. The summed E-state index contributed by atoms with van der Waals surface area (Å²) in [5.41, 5.74) is 0. The van der Waals surface area contributed by atoms with Gasteiger partial charge in [0.25, 0.3) is 0 Å². The fourth-order valence-corrected chi connectivity index (χ4v) is 5.19. The quantitative estimate of drug-likeness (QED) is 0.263. The maximum absolute atomic E-state index is 13.8. The molecule has 0 aliphatic heterocycles. The summed E-state index contributed by atoms with van der Waals surface area (Å²) >= 11 is 0. The molecule has 31 heavy (non-hydrogen) atoms. The van der Waals surface area contributed by atoms with E-state index >= 15 is 0 Å². The molecular formula is C23H29F5O3. The van der Waals surface area contributed by atoms with Crippen molar-refractivity contribution in [1.82, 2.24) is 0 Å². The van der Waals surface area contributed by atoms with Gasteiger partial charge >= 0.3 is 12.3 Å². The summed E-state index contributed by atoms with van der Waals surface area (Å²) in [5.74, 6) is -4.02. The molecule has 0 unspecified atom stereocenters. The van der Waals surface area contributed by atoms with Crippen LogP contribution in [0.25, 0.3) is 0 Å². The van der Waals surface area contributed by atoms with Gasteiger partial charge in [0, 0.05) is 12.1 Å². The first-order chi connectivity index (χ1) is 14.7. The summed E-state index contributed by atoms with van der Waals surface area (Å²) in [6.07, 6.45) is 5.51. The normalized spacial score (nSPS) is 27.0. The highest BCUT2D eigenvalue weighted by atomic mass is 19.4. The van der Waals surface area contributed by atoms with Gasteiger partial charge in [-0.2, -0.15) is 0 Å². The second-order valence-corrected chi connectivity index (χ2v) is 8.87. The molecule has 0 aromatic heterocycles. The van der Waals surface area contributed by atoms with Crippen LogP contribution < -0.4 is 9.47 Å². The lowest BCUT2D eigenvalue weighted by Gasteiger charge is -2.37. The highest BCUT2D eigenvalue weighted by Gasteiger charge is 2.35. The van der Waals surface area contributed by atoms with Crippen LogP contribution in [0, 0.1) is 35.3 Å². The number of ether oxygens (including phenoxy) is 2. The summed E-state index contributed by atoms with van der Waals surface area (Å²) in [7, 11) is 0. The Balaban J connectivity index is 1.50. The molecule has 8 heteroatoms. The van der Waals surface area contributed by atoms with Gasteiger partial charge in [-0.25, -0.2) is 8.78 Å². The van der Waals surface area contributed by atoms with Crippen molar-refractivity contribution >= 4 is 5.97 Å². The largest absolute Gasteiger partial charge is 0.573 e. The van der Waals surface area contributed by atoms with E-state index in [1.807, 2.05) is 0 Å². The molecule has 0 radical (unpaired) electrons. The van der Waals surface area contributed by atoms with Gasteiger partial charge in [-0.15, -0.1) is 13.2 Å². The lowest BCUT2D eigenvalue weighted by atomic mass is 9.69. The molecule has 3 rings (SSSR count). The van der Waals surface area contributed by atoms with Gasteiger partial charge in [0.15, 0.2) is 11.6 Å². The molecular weight excluding hydrogens is 419 g/mol. The molecule has 3 nitrogen and oxygen atoms in total. The van der Waals surface area contributed by atoms with E-state index in [-0.39, 0.29) is 5.92 Å². The van der Waals surface area contributed by atoms with Gasteiger partial charge in [0.1, 0.15) is 5.75 Å². The second kappa shape index (κ2) is 10.2. The highest BCUT2D eigenvalue weighted by Crippen LogP contribution is 2.42. The van der Waals surface area contributed by atoms with E-state index in [0.29, 0.717) is 36.8 Å². The molecule has 2 fully saturated rings. The smallest absolute Gasteiger partial charge is 0.426 e. The zero-order valence-electron chi connectivity index (χ0n) is 17.6. The first kappa shape index (κ1) is 23.8. The first-order valence-electron chi connectivity index (χ1n) is 11.1. The second-order valence-electron chi connectivity index (χ2n) is 8.87. The average Bonchev–Trinajstić information content (AvgIpc) is 2.71. The predicted octanol–water partition coefficient (Wildman–Crippen LogP) is 7.18. The van der Waals surface area contributed by atoms with Crippen LogP contribution in [0.5, 0.6) is 11.5 Å². The van der Waals surface area contributed by atoms with Crippen LogP contribution >= 0.6 is 0 Å². The van der Waals surface area contributed by atoms with Crippen molar-refractivity contribution in [2.45, 2.75) is 77.5 Å². The van der Waals surface area contributed by atoms with Crippen LogP contribution in [0.1, 0.15) is 71.1 Å². The van der Waals surface area contributed by atoms with Gasteiger partial charge in [-0.1, -0.05) is 32.6 Å². The Kier molecular flexibility index (Phi) is 7.81. The number of rotatable bonds is 6. The van der Waals surface area contributed by atoms with Crippen molar-refractivity contribution in [1.29, 1.82) is 0 Å². The summed E-state index contributed by atoms with van der Waals surface area (Å²) in [5, 5.41) is 0. The van der Waals surface area contributed by atoms with Crippen molar-refractivity contribution < 1.29 is 36.2 Å². The molecule has 2 aliphatic carbocycles. The van der Waals surface area contributed by atoms with Gasteiger partial charge in [0.2, 0.25) is 5.75 Å². The predicted molar refractivity (Wildman–Crippen MR) is 104 cm³/mol. The minimum absolute atomic E-state index is 0.370. The van der Waals surface area contributed by atoms with Crippen LogP contribution in [-0.2, 0) is 4.79 Å². The number of benzene rings is 1. The molecule has 2 aliphatic rings. The fourth-order valence-electron chi connectivity index (χ4n) is 5.19. The maximum Gasteiger partial charge on any atom is 0.573 e. The third-order valence-electron chi connectivity index (χ3n) is 6.77. The van der Waals surface area contributed by atoms with Crippen molar-refractivity contribution in [3.05, 3.63) is 23.8 Å². The summed E-state index contributed by atoms with van der Waals surface area (Å²) in [6, 6.07) is 1.06. The van der Waals surface area contributed by atoms with Crippen LogP contribution in [-0.4, -0.2) is 12.3 Å². The van der Waals surface area contributed by atoms with Gasteiger partial charge < -0.3 is 9.47 Å². The molecule has 0 N–H and O–H groups in total. The molecule has 0 spiro atoms. The Bertz CT molecular complexity index is 725. The Morgan fingerprint density at radius 2 is 1.45 bits per heavy atom. The molecule has 0 saturated heterocycles. The van der Waals surface area contributed by atoms with Crippen molar-refractivity contribution in [2.75, 3.05) is 0 Å². The van der Waals surface area contributed by atoms with Gasteiger partial charge in [-0.05, 0) is 56.3 Å². The number of hydrogen-bond acceptors (Lipinski definition) is 3. The summed E-state index contributed by atoms with van der Waals surface area (Å²) in [4.78, 5) is 12.4. The zero-order chi connectivity index (χ0) is 22.6. The third-order valence-corrected chi connectivity index (χ3v) is 6.77. The first-order valence-corrected chi connectivity index (χ1v) is 11.1. The molecule has 174 valence electrons. The lowest BCUT2D eigenvalue weighted by molar-refractivity contribution is -0.276. The number of hydrogen-bond donors (Lipinski definition) is 0. The number of carbonyl (C=O) groups is 1. The van der Waals surface area contributed by atoms with E-state index in [0.717, 1.165) is 18.8 Å².